The molecule has 33 nitrogen and oxygen atoms in total. The van der Waals surface area contributed by atoms with Gasteiger partial charge in [-0.3, -0.25) is 27.3 Å². The number of carbonyl (C=O) groups excluding carboxylic acids is 1. The van der Waals surface area contributed by atoms with E-state index in [2.05, 4.69) is 51.5 Å². The summed E-state index contributed by atoms with van der Waals surface area (Å²) in [6.45, 7) is 9.34. The molecule has 0 radical (unpaired) electrons. The van der Waals surface area contributed by atoms with Crippen molar-refractivity contribution in [2.75, 3.05) is 60.1 Å². The first kappa shape index (κ1) is 78.3. The van der Waals surface area contributed by atoms with Crippen LogP contribution in [0.25, 0.3) is 21.5 Å². The third kappa shape index (κ3) is 23.3. The van der Waals surface area contributed by atoms with E-state index < -0.39 is 99.5 Å². The van der Waals surface area contributed by atoms with Gasteiger partial charge in [-0.2, -0.15) is 91.4 Å². The van der Waals surface area contributed by atoms with Gasteiger partial charge >= 0.3 is 6.03 Å². The Hall–Kier alpha value is -9.39. The van der Waals surface area contributed by atoms with Crippen molar-refractivity contribution in [2.24, 2.45) is 40.9 Å². The molecule has 0 fully saturated rings. The Morgan fingerprint density at radius 2 is 0.598 bits per heavy atom. The minimum absolute atomic E-state index is 0.00471. The van der Waals surface area contributed by atoms with Gasteiger partial charge < -0.3 is 29.6 Å². The van der Waals surface area contributed by atoms with Gasteiger partial charge in [-0.25, -0.2) is 4.79 Å². The average Bonchev–Trinajstić information content (AvgIpc) is 0.794. The van der Waals surface area contributed by atoms with Crippen LogP contribution in [0, 0.1) is 41.5 Å². The summed E-state index contributed by atoms with van der Waals surface area (Å²) in [5, 5.41) is 42.3. The largest absolute Gasteiger partial charge is 0.493 e. The van der Waals surface area contributed by atoms with E-state index >= 15 is 0 Å². The first-order valence-corrected chi connectivity index (χ1v) is 39.6. The lowest BCUT2D eigenvalue weighted by atomic mass is 10.1. The fourth-order valence-corrected chi connectivity index (χ4v) is 12.6. The number of amides is 2. The molecule has 8 aromatic rings. The summed E-state index contributed by atoms with van der Waals surface area (Å²) in [6, 6.07) is 25.7. The van der Waals surface area contributed by atoms with Crippen LogP contribution in [0.5, 0.6) is 23.0 Å². The molecule has 2 amide bonds. The highest BCUT2D eigenvalue weighted by Gasteiger charge is 2.21. The van der Waals surface area contributed by atoms with Gasteiger partial charge in [0.2, 0.25) is 0 Å². The number of nitrogens with one attached hydrogen (secondary N) is 2. The van der Waals surface area contributed by atoms with Crippen LogP contribution in [0.15, 0.2) is 160 Å². The number of ether oxygens (including phenoxy) is 4. The van der Waals surface area contributed by atoms with E-state index in [1.165, 1.54) is 48.5 Å². The Labute approximate surface area is 586 Å². The molecule has 0 aliphatic carbocycles. The van der Waals surface area contributed by atoms with Crippen LogP contribution in [0.4, 0.5) is 61.7 Å². The molecule has 0 unspecified atom stereocenters. The zero-order valence-corrected chi connectivity index (χ0v) is 59.9. The Morgan fingerprint density at radius 3 is 0.882 bits per heavy atom. The average molecular weight is 1530 g/mol. The zero-order valence-electron chi connectivity index (χ0n) is 55.0. The molecule has 0 saturated carbocycles. The van der Waals surface area contributed by atoms with Crippen LogP contribution in [0.1, 0.15) is 59.1 Å². The third-order valence-corrected chi connectivity index (χ3v) is 19.6. The van der Waals surface area contributed by atoms with Crippen molar-refractivity contribution in [3.8, 4) is 23.0 Å². The molecule has 8 aromatic carbocycles. The highest BCUT2D eigenvalue weighted by molar-refractivity contribution is 7.87. The van der Waals surface area contributed by atoms with Crippen molar-refractivity contribution in [1.82, 2.24) is 0 Å². The molecule has 0 aliphatic heterocycles. The topological polar surface area (TPSA) is 503 Å². The zero-order chi connectivity index (χ0) is 74.7. The van der Waals surface area contributed by atoms with Crippen molar-refractivity contribution in [3.63, 3.8) is 0 Å². The Bertz CT molecular complexity index is 5100. The summed E-state index contributed by atoms with van der Waals surface area (Å²) in [7, 11) is -26.7. The molecule has 8 N–H and O–H groups in total. The highest BCUT2D eigenvalue weighted by Crippen LogP contribution is 2.41. The third-order valence-electron chi connectivity index (χ3n) is 14.8. The van der Waals surface area contributed by atoms with Crippen LogP contribution >= 0.6 is 0 Å². The van der Waals surface area contributed by atoms with Gasteiger partial charge in [0, 0.05) is 35.0 Å². The molecule has 0 spiro atoms. The van der Waals surface area contributed by atoms with Gasteiger partial charge in [0.25, 0.3) is 60.7 Å². The number of carbonyl (C=O) groups is 1. The molecule has 39 heteroatoms. The number of aryl methyl sites for hydroxylation is 6. The normalized spacial score (nSPS) is 12.7. The molecule has 0 bridgehead atoms. The quantitative estimate of drug-likeness (QED) is 0.0110. The number of rotatable bonds is 32. The molecule has 0 aromatic heterocycles. The number of benzene rings is 8. The lowest BCUT2D eigenvalue weighted by Gasteiger charge is -2.17. The number of anilines is 2. The maximum Gasteiger partial charge on any atom is 0.323 e. The highest BCUT2D eigenvalue weighted by atomic mass is 32.2. The van der Waals surface area contributed by atoms with Crippen molar-refractivity contribution in [3.05, 3.63) is 143 Å². The second kappa shape index (κ2) is 32.7. The summed E-state index contributed by atoms with van der Waals surface area (Å²) in [5.41, 5.74) is 6.28. The number of azo groups is 4. The van der Waals surface area contributed by atoms with E-state index in [0.29, 0.717) is 89.0 Å². The number of nitrogens with zero attached hydrogens (tertiary/aromatic N) is 8. The molecule has 0 heterocycles. The van der Waals surface area contributed by atoms with E-state index in [0.717, 1.165) is 12.1 Å². The second-order valence-electron chi connectivity index (χ2n) is 23.1. The van der Waals surface area contributed by atoms with Crippen molar-refractivity contribution in [2.45, 2.75) is 77.0 Å². The Balaban J connectivity index is 1.01. The molecule has 0 atom stereocenters. The van der Waals surface area contributed by atoms with Crippen molar-refractivity contribution < 1.29 is 102 Å². The van der Waals surface area contributed by atoms with Crippen LogP contribution < -0.4 is 29.6 Å². The Morgan fingerprint density at radius 1 is 0.333 bits per heavy atom. The number of hydrogen-bond acceptors (Lipinski definition) is 25. The van der Waals surface area contributed by atoms with E-state index in [-0.39, 0.29) is 97.9 Å². The number of fused-ring (bicyclic) bond motifs is 2. The monoisotopic (exact) mass is 1520 g/mol. The fourth-order valence-electron chi connectivity index (χ4n) is 9.65. The molecule has 102 heavy (non-hydrogen) atoms. The fraction of sp³-hybridized carbons (Fsp3) is 0.286. The summed E-state index contributed by atoms with van der Waals surface area (Å²) >= 11 is 0. The summed E-state index contributed by atoms with van der Waals surface area (Å²) in [4.78, 5) is 13.1. The SMILES string of the molecule is Cc1cc(N=Nc2cc(OCCCS(=O)(=O)O)c(NC(=O)Nc3cc(C)c(N=Nc4cc(C)c(/N=N/c5ccc6cc(S(=O)(=O)O)cc(OCCCS(=O)(=O)O)c6c5)cc4C)cc3OCCCS(=O)(=O)O)cc2C)c(C)cc1N=Nc1ccc2cc(S(=O)(=O)O)cc(OCCCS(=O)(=O)O)c2c1. The smallest absolute Gasteiger partial charge is 0.323 e. The molecular formula is C63H68N10O23S6. The lowest BCUT2D eigenvalue weighted by molar-refractivity contribution is 0.261. The first-order valence-electron chi connectivity index (χ1n) is 30.3. The van der Waals surface area contributed by atoms with Crippen molar-refractivity contribution >= 4 is 145 Å². The summed E-state index contributed by atoms with van der Waals surface area (Å²) in [5.74, 6) is -2.54. The predicted octanol–water partition coefficient (Wildman–Crippen LogP) is 14.3. The molecular weight excluding hydrogens is 1460 g/mol. The van der Waals surface area contributed by atoms with Crippen LogP contribution in [-0.4, -0.2) is 133 Å². The van der Waals surface area contributed by atoms with Gasteiger partial charge in [-0.15, -0.1) is 0 Å². The lowest BCUT2D eigenvalue weighted by Crippen LogP contribution is -2.21. The maximum absolute atomic E-state index is 14.0. The standard InChI is InChI=1S/C63H68N10O23S6/c1-37-25-53(39(3)23-51(37)68-66-45-13-11-43-29-47(101(87,88)89)33-59(49(43)31-45)93-15-7-19-97(75,76)77)70-72-55-35-61(95-17-9-21-99(81,82)83)57(27-41(55)5)64-63(74)65-58-28-42(6)56(36-62(58)96-18-10-22-100(84,85)86)73-71-54-26-38(2)52(24-40(54)4)69-67-46-14-12-44-30-48(102(90,91)92)34-60(50(44)32-46)94-16-8-20-98(78,79)80/h11-14,23-36H,7-10,15-22H2,1-6H3,(H2,64,65,74)(H,75,76,77)(H,78,79,80)(H,81,82,83)(H,84,85,86)(H,87,88,89)(H,90,91,92)/b68-66+,69-67?,72-70?,73-71?. The van der Waals surface area contributed by atoms with Crippen LogP contribution in [0.2, 0.25) is 0 Å². The van der Waals surface area contributed by atoms with E-state index in [4.69, 9.17) is 28.1 Å². The van der Waals surface area contributed by atoms with E-state index in [9.17, 15) is 73.5 Å². The number of urea groups is 1. The first-order chi connectivity index (χ1) is 47.6. The van der Waals surface area contributed by atoms with Crippen LogP contribution in [-0.2, 0) is 60.7 Å². The predicted molar refractivity (Wildman–Crippen MR) is 377 cm³/mol. The summed E-state index contributed by atoms with van der Waals surface area (Å²) in [6.07, 6.45) is -0.591. The maximum atomic E-state index is 14.0. The van der Waals surface area contributed by atoms with E-state index in [1.807, 2.05) is 0 Å². The molecule has 8 rings (SSSR count). The van der Waals surface area contributed by atoms with Gasteiger partial charge in [-0.1, -0.05) is 12.1 Å². The molecule has 544 valence electrons. The van der Waals surface area contributed by atoms with Gasteiger partial charge in [0.15, 0.2) is 0 Å². The van der Waals surface area contributed by atoms with Gasteiger partial charge in [-0.05, 0) is 184 Å². The molecule has 0 saturated heterocycles. The minimum atomic E-state index is -4.68. The number of hydrogen-bond donors (Lipinski definition) is 8. The Kier molecular flexibility index (Phi) is 25.1. The van der Waals surface area contributed by atoms with Gasteiger partial charge in [0.05, 0.1) is 116 Å². The van der Waals surface area contributed by atoms with E-state index in [1.54, 1.807) is 90.1 Å². The second-order valence-corrected chi connectivity index (χ2v) is 32.2. The van der Waals surface area contributed by atoms with Gasteiger partial charge in [0.1, 0.15) is 23.0 Å². The minimum Gasteiger partial charge on any atom is -0.493 e. The van der Waals surface area contributed by atoms with Crippen LogP contribution in [0.3, 0.4) is 0 Å². The molecule has 0 aliphatic rings. The summed E-state index contributed by atoms with van der Waals surface area (Å²) < 4.78 is 220. The van der Waals surface area contributed by atoms with Crippen molar-refractivity contribution in [1.29, 1.82) is 0 Å².